The van der Waals surface area contributed by atoms with Crippen LogP contribution < -0.4 is 5.32 Å². The second-order valence-electron chi connectivity index (χ2n) is 15.7. The number of hydrogen-bond donors (Lipinski definition) is 2. The average Bonchev–Trinajstić information content (AvgIpc) is 3.00. The van der Waals surface area contributed by atoms with E-state index < -0.39 is 5.97 Å². The predicted molar refractivity (Wildman–Crippen MR) is 183 cm³/mol. The molecule has 10 nitrogen and oxygen atoms in total. The third-order valence-electron chi connectivity index (χ3n) is 10.2. The lowest BCUT2D eigenvalue weighted by atomic mass is 9.86. The zero-order chi connectivity index (χ0) is 33.8. The zero-order valence-electron chi connectivity index (χ0n) is 29.3. The third kappa shape index (κ3) is 13.2. The number of halogens is 1. The maximum absolute atomic E-state index is 11.2. The molecule has 6 saturated heterocycles. The van der Waals surface area contributed by atoms with Crippen molar-refractivity contribution in [2.75, 3.05) is 97.3 Å². The molecule has 6 aliphatic heterocycles. The van der Waals surface area contributed by atoms with E-state index >= 15 is 0 Å². The fourth-order valence-electron chi connectivity index (χ4n) is 6.76. The molecule has 46 heavy (non-hydrogen) atoms. The minimum atomic E-state index is -0.632. The van der Waals surface area contributed by atoms with Gasteiger partial charge in [0.25, 0.3) is 0 Å². The summed E-state index contributed by atoms with van der Waals surface area (Å²) in [6.45, 7) is 23.8. The molecule has 0 amide bonds. The summed E-state index contributed by atoms with van der Waals surface area (Å²) in [6.07, 6.45) is 5.77. The highest BCUT2D eigenvalue weighted by atomic mass is 79.9. The van der Waals surface area contributed by atoms with Crippen LogP contribution in [-0.4, -0.2) is 130 Å². The normalized spacial score (nSPS) is 26.1. The number of ketones is 2. The van der Waals surface area contributed by atoms with Gasteiger partial charge in [0.1, 0.15) is 11.6 Å². The first kappa shape index (κ1) is 39.5. The van der Waals surface area contributed by atoms with Crippen LogP contribution in [0.4, 0.5) is 0 Å². The van der Waals surface area contributed by atoms with Gasteiger partial charge in [-0.1, -0.05) is 36.7 Å². The van der Waals surface area contributed by atoms with E-state index in [9.17, 15) is 14.4 Å². The van der Waals surface area contributed by atoms with Crippen molar-refractivity contribution in [1.29, 1.82) is 0 Å². The van der Waals surface area contributed by atoms with Crippen molar-refractivity contribution < 1.29 is 33.7 Å². The molecule has 0 aliphatic carbocycles. The molecule has 6 fully saturated rings. The van der Waals surface area contributed by atoms with Crippen LogP contribution in [-0.2, 0) is 28.6 Å². The fourth-order valence-corrected chi connectivity index (χ4v) is 7.08. The Hall–Kier alpha value is -0.950. The lowest BCUT2D eigenvalue weighted by molar-refractivity contribution is -0.144. The van der Waals surface area contributed by atoms with Gasteiger partial charge in [-0.15, -0.1) is 0 Å². The molecule has 0 saturated carbocycles. The molecule has 2 N–H and O–H groups in total. The predicted octanol–water partition coefficient (Wildman–Crippen LogP) is 4.14. The zero-order valence-corrected chi connectivity index (χ0v) is 30.8. The number of hydrogen-bond acceptors (Lipinski definition) is 9. The molecule has 0 aromatic carbocycles. The van der Waals surface area contributed by atoms with Crippen molar-refractivity contribution in [1.82, 2.24) is 15.1 Å². The van der Waals surface area contributed by atoms with Gasteiger partial charge in [-0.25, -0.2) is 0 Å². The molecule has 0 spiro atoms. The molecule has 266 valence electrons. The van der Waals surface area contributed by atoms with E-state index in [-0.39, 0.29) is 5.92 Å². The largest absolute Gasteiger partial charge is 0.481 e. The molecule has 6 aliphatic rings. The van der Waals surface area contributed by atoms with Crippen LogP contribution in [0.25, 0.3) is 0 Å². The summed E-state index contributed by atoms with van der Waals surface area (Å²) in [5, 5.41) is 13.2. The number of nitrogens with zero attached hydrogens (tertiary/aromatic N) is 2. The van der Waals surface area contributed by atoms with Gasteiger partial charge in [0.2, 0.25) is 0 Å². The van der Waals surface area contributed by atoms with E-state index in [1.165, 1.54) is 0 Å². The number of likely N-dealkylation sites (tertiary alicyclic amines) is 2. The van der Waals surface area contributed by atoms with Gasteiger partial charge >= 0.3 is 5.97 Å². The topological polar surface area (TPSA) is 118 Å². The van der Waals surface area contributed by atoms with Gasteiger partial charge in [0.15, 0.2) is 0 Å². The van der Waals surface area contributed by atoms with Crippen molar-refractivity contribution in [2.24, 2.45) is 34.0 Å². The Balaban J connectivity index is 0.000000175. The van der Waals surface area contributed by atoms with Crippen LogP contribution in [0.2, 0.25) is 0 Å². The van der Waals surface area contributed by atoms with E-state index in [1.807, 2.05) is 0 Å². The molecule has 0 radical (unpaired) electrons. The van der Waals surface area contributed by atoms with Crippen molar-refractivity contribution in [3.63, 3.8) is 0 Å². The van der Waals surface area contributed by atoms with E-state index in [0.29, 0.717) is 39.6 Å². The third-order valence-corrected chi connectivity index (χ3v) is 11.6. The lowest BCUT2D eigenvalue weighted by Gasteiger charge is -2.43. The Bertz CT molecular complexity index is 890. The molecule has 6 heterocycles. The number of carbonyl (C=O) groups excluding carboxylic acids is 2. The van der Waals surface area contributed by atoms with Gasteiger partial charge in [0.05, 0.1) is 45.6 Å². The second kappa shape index (κ2) is 18.7. The molecule has 0 bridgehead atoms. The first-order chi connectivity index (χ1) is 21.8. The summed E-state index contributed by atoms with van der Waals surface area (Å²) in [7, 11) is 0. The fraction of sp³-hybridized carbons (Fsp3) is 0.914. The number of alkyl halides is 1. The monoisotopic (exact) mass is 715 g/mol. The maximum atomic E-state index is 11.2. The summed E-state index contributed by atoms with van der Waals surface area (Å²) < 4.78 is 15.5. The number of aliphatic carboxylic acids is 1. The number of ether oxygens (including phenoxy) is 3. The van der Waals surface area contributed by atoms with Crippen molar-refractivity contribution in [3.8, 4) is 0 Å². The highest BCUT2D eigenvalue weighted by molar-refractivity contribution is 9.09. The summed E-state index contributed by atoms with van der Waals surface area (Å²) in [5.41, 5.74) is 1.15. The summed E-state index contributed by atoms with van der Waals surface area (Å²) in [6, 6.07) is 0. The van der Waals surface area contributed by atoms with Gasteiger partial charge in [-0.05, 0) is 91.6 Å². The Labute approximate surface area is 286 Å². The van der Waals surface area contributed by atoms with Crippen LogP contribution in [0.15, 0.2) is 0 Å². The van der Waals surface area contributed by atoms with E-state index in [1.54, 1.807) is 13.8 Å². The lowest BCUT2D eigenvalue weighted by Crippen LogP contribution is -2.50. The molecule has 0 aromatic heterocycles. The van der Waals surface area contributed by atoms with Crippen molar-refractivity contribution in [3.05, 3.63) is 0 Å². The van der Waals surface area contributed by atoms with Crippen molar-refractivity contribution in [2.45, 2.75) is 73.1 Å². The van der Waals surface area contributed by atoms with Crippen LogP contribution in [0.3, 0.4) is 0 Å². The molecular formula is C35H62BrN3O7. The summed E-state index contributed by atoms with van der Waals surface area (Å²) in [5.74, 6) is 0.654. The summed E-state index contributed by atoms with van der Waals surface area (Å²) in [4.78, 5) is 37.6. The quantitative estimate of drug-likeness (QED) is 0.355. The number of carboxylic acids is 1. The van der Waals surface area contributed by atoms with Gasteiger partial charge < -0.3 is 34.4 Å². The van der Waals surface area contributed by atoms with E-state index in [0.717, 1.165) is 136 Å². The first-order valence-electron chi connectivity index (χ1n) is 17.4. The number of Topliss-reactive ketones (excluding diaryl/α,β-unsaturated/α-hetero) is 2. The minimum absolute atomic E-state index is 0.119. The number of carboxylic acid groups (broad SMARTS) is 1. The molecule has 11 heteroatoms. The first-order valence-corrected chi connectivity index (χ1v) is 18.6. The SMILES string of the molecule is CC(=O)C1CCN(CC2(C)COC2)CC1.CC(=O)C1CCNCC1.CC1(CBr)COC1.CC1(CN2CCC(C(=O)O)CC2)COC1. The van der Waals surface area contributed by atoms with E-state index in [2.05, 4.69) is 51.8 Å². The number of nitrogens with one attached hydrogen (secondary N) is 1. The Morgan fingerprint density at radius 2 is 1.00 bits per heavy atom. The molecule has 0 unspecified atom stereocenters. The second-order valence-corrected chi connectivity index (χ2v) is 16.3. The van der Waals surface area contributed by atoms with Crippen LogP contribution >= 0.6 is 15.9 Å². The van der Waals surface area contributed by atoms with E-state index in [4.69, 9.17) is 19.3 Å². The highest BCUT2D eigenvalue weighted by Crippen LogP contribution is 2.31. The molecule has 0 atom stereocenters. The van der Waals surface area contributed by atoms with Gasteiger partial charge in [-0.3, -0.25) is 14.4 Å². The molecule has 6 rings (SSSR count). The van der Waals surface area contributed by atoms with Gasteiger partial charge in [0, 0.05) is 46.5 Å². The standard InChI is InChI=1S/C12H21NO2.C11H19NO3.C7H13NO.C5H9BrO/c1-10(14)11-3-5-13(6-4-11)7-12(2)8-15-9-12;1-11(7-15-8-11)6-12-4-2-9(3-5-12)10(13)14;1-6(9)7-2-4-8-5-3-7;1-5(2-6)3-7-4-5/h11H,3-9H2,1-2H3;9H,2-8H2,1H3,(H,13,14);7-8H,2-5H2,1H3;2-4H2,1H3. The highest BCUT2D eigenvalue weighted by Gasteiger charge is 2.37. The average molecular weight is 717 g/mol. The van der Waals surface area contributed by atoms with Crippen LogP contribution in [0.1, 0.15) is 73.1 Å². The minimum Gasteiger partial charge on any atom is -0.481 e. The number of rotatable bonds is 8. The molecular weight excluding hydrogens is 654 g/mol. The Morgan fingerprint density at radius 3 is 1.24 bits per heavy atom. The van der Waals surface area contributed by atoms with Gasteiger partial charge in [-0.2, -0.15) is 0 Å². The Morgan fingerprint density at radius 1 is 0.652 bits per heavy atom. The van der Waals surface area contributed by atoms with Crippen LogP contribution in [0, 0.1) is 34.0 Å². The number of carbonyl (C=O) groups is 3. The smallest absolute Gasteiger partial charge is 0.306 e. The maximum Gasteiger partial charge on any atom is 0.306 e. The summed E-state index contributed by atoms with van der Waals surface area (Å²) >= 11 is 3.40. The van der Waals surface area contributed by atoms with Crippen molar-refractivity contribution >= 4 is 33.5 Å². The van der Waals surface area contributed by atoms with Crippen LogP contribution in [0.5, 0.6) is 0 Å². The Kier molecular flexibility index (Phi) is 16.1. The number of piperidine rings is 3. The molecule has 0 aromatic rings.